The maximum atomic E-state index is 12.5. The number of carbonyl (C=O) groups is 1. The lowest BCUT2D eigenvalue weighted by molar-refractivity contribution is 0.0157. The summed E-state index contributed by atoms with van der Waals surface area (Å²) in [6.07, 6.45) is 4.66. The first-order valence-electron chi connectivity index (χ1n) is 13.4. The zero-order valence-electron chi connectivity index (χ0n) is 22.1. The Hall–Kier alpha value is -2.92. The number of anilines is 1. The molecule has 1 saturated carbocycles. The summed E-state index contributed by atoms with van der Waals surface area (Å²) in [4.78, 5) is 14.3. The van der Waals surface area contributed by atoms with E-state index in [1.165, 1.54) is 0 Å². The summed E-state index contributed by atoms with van der Waals surface area (Å²) >= 11 is 6.75. The molecule has 1 N–H and O–H groups in total. The molecule has 0 radical (unpaired) electrons. The van der Waals surface area contributed by atoms with Crippen LogP contribution in [0, 0.1) is 17.2 Å². The molecule has 2 aliphatic heterocycles. The highest BCUT2D eigenvalue weighted by Crippen LogP contribution is 2.49. The number of rotatable bonds is 5. The van der Waals surface area contributed by atoms with Crippen LogP contribution >= 0.6 is 11.6 Å². The van der Waals surface area contributed by atoms with E-state index in [2.05, 4.69) is 11.4 Å². The fraction of sp³-hybridized carbons (Fsp3) is 0.607. The highest BCUT2D eigenvalue weighted by atomic mass is 35.5. The second kappa shape index (κ2) is 10.1. The van der Waals surface area contributed by atoms with Crippen LogP contribution in [0.2, 0.25) is 5.02 Å². The Labute approximate surface area is 223 Å². The number of fused-ring (bicyclic) bond motifs is 1. The molecule has 1 atom stereocenters. The molecule has 2 fully saturated rings. The van der Waals surface area contributed by atoms with E-state index in [4.69, 9.17) is 26.2 Å². The van der Waals surface area contributed by atoms with Gasteiger partial charge < -0.3 is 19.7 Å². The van der Waals surface area contributed by atoms with Crippen molar-refractivity contribution in [3.05, 3.63) is 28.3 Å². The number of carbonyl (C=O) groups excluding carboxylic acids is 1. The predicted octanol–water partition coefficient (Wildman–Crippen LogP) is 6.36. The fourth-order valence-corrected chi connectivity index (χ4v) is 5.98. The van der Waals surface area contributed by atoms with E-state index in [1.807, 2.05) is 44.5 Å². The smallest absolute Gasteiger partial charge is 0.410 e. The summed E-state index contributed by atoms with van der Waals surface area (Å²) in [7, 11) is 0. The number of hydrogen-bond acceptors (Lipinski definition) is 6. The maximum absolute atomic E-state index is 12.5. The van der Waals surface area contributed by atoms with E-state index in [0.717, 1.165) is 61.3 Å². The zero-order valence-corrected chi connectivity index (χ0v) is 22.9. The SMILES string of the molecule is CCOc1cc(-c2nn3c(c2C#N)NCCC3C2CCN(C(=O)OC(C)(C)C)CC2)cc(Cl)c1C1CC1. The van der Waals surface area contributed by atoms with Crippen molar-refractivity contribution in [1.29, 1.82) is 5.26 Å². The number of nitrogens with one attached hydrogen (secondary N) is 1. The monoisotopic (exact) mass is 525 g/mol. The lowest BCUT2D eigenvalue weighted by Crippen LogP contribution is -2.43. The molecule has 1 aliphatic carbocycles. The van der Waals surface area contributed by atoms with Crippen LogP contribution in [0.15, 0.2) is 12.1 Å². The number of aromatic nitrogens is 2. The van der Waals surface area contributed by atoms with Gasteiger partial charge in [-0.2, -0.15) is 10.4 Å². The van der Waals surface area contributed by atoms with Gasteiger partial charge in [0.15, 0.2) is 0 Å². The molecule has 9 heteroatoms. The number of halogens is 1. The van der Waals surface area contributed by atoms with Gasteiger partial charge in [0.1, 0.15) is 34.5 Å². The van der Waals surface area contributed by atoms with Crippen LogP contribution in [-0.4, -0.2) is 52.6 Å². The molecule has 3 heterocycles. The number of nitrogens with zero attached hydrogens (tertiary/aromatic N) is 4. The van der Waals surface area contributed by atoms with Crippen molar-refractivity contribution in [2.24, 2.45) is 5.92 Å². The third-order valence-electron chi connectivity index (χ3n) is 7.45. The quantitative estimate of drug-likeness (QED) is 0.488. The summed E-state index contributed by atoms with van der Waals surface area (Å²) in [5, 5.41) is 19.2. The van der Waals surface area contributed by atoms with Crippen LogP contribution in [0.5, 0.6) is 5.75 Å². The normalized spacial score (nSPS) is 20.1. The minimum atomic E-state index is -0.501. The van der Waals surface area contributed by atoms with Gasteiger partial charge in [-0.15, -0.1) is 0 Å². The Kier molecular flexibility index (Phi) is 7.01. The van der Waals surface area contributed by atoms with Crippen molar-refractivity contribution in [3.63, 3.8) is 0 Å². The molecule has 0 bridgehead atoms. The number of piperidine rings is 1. The first kappa shape index (κ1) is 25.7. The molecule has 5 rings (SSSR count). The van der Waals surface area contributed by atoms with Gasteiger partial charge in [-0.25, -0.2) is 9.48 Å². The number of nitriles is 1. The predicted molar refractivity (Wildman–Crippen MR) is 143 cm³/mol. The lowest BCUT2D eigenvalue weighted by atomic mass is 9.87. The van der Waals surface area contributed by atoms with E-state index >= 15 is 0 Å². The van der Waals surface area contributed by atoms with Gasteiger partial charge in [0, 0.05) is 35.8 Å². The van der Waals surface area contributed by atoms with Crippen LogP contribution in [-0.2, 0) is 4.74 Å². The summed E-state index contributed by atoms with van der Waals surface area (Å²) in [6, 6.07) is 6.47. The third kappa shape index (κ3) is 5.24. The van der Waals surface area contributed by atoms with Crippen LogP contribution in [0.4, 0.5) is 10.6 Å². The van der Waals surface area contributed by atoms with Crippen LogP contribution < -0.4 is 10.1 Å². The topological polar surface area (TPSA) is 92.4 Å². The minimum Gasteiger partial charge on any atom is -0.494 e. The van der Waals surface area contributed by atoms with Gasteiger partial charge in [0.05, 0.1) is 12.6 Å². The van der Waals surface area contributed by atoms with Crippen molar-refractivity contribution in [2.45, 2.75) is 77.4 Å². The Morgan fingerprint density at radius 1 is 1.22 bits per heavy atom. The van der Waals surface area contributed by atoms with Crippen molar-refractivity contribution in [2.75, 3.05) is 31.6 Å². The van der Waals surface area contributed by atoms with Crippen molar-refractivity contribution >= 4 is 23.5 Å². The van der Waals surface area contributed by atoms with Crippen LogP contribution in [0.3, 0.4) is 0 Å². The zero-order chi connectivity index (χ0) is 26.3. The number of ether oxygens (including phenoxy) is 2. The van der Waals surface area contributed by atoms with E-state index in [-0.39, 0.29) is 12.1 Å². The molecule has 1 amide bonds. The second-order valence-corrected chi connectivity index (χ2v) is 11.7. The molecule has 37 heavy (non-hydrogen) atoms. The molecule has 198 valence electrons. The lowest BCUT2D eigenvalue weighted by Gasteiger charge is -2.38. The Morgan fingerprint density at radius 2 is 1.95 bits per heavy atom. The molecule has 1 aromatic heterocycles. The van der Waals surface area contributed by atoms with Crippen LogP contribution in [0.25, 0.3) is 11.3 Å². The molecular formula is C28H36ClN5O3. The average Bonchev–Trinajstić information content (AvgIpc) is 3.61. The average molecular weight is 526 g/mol. The first-order chi connectivity index (χ1) is 17.7. The molecule has 1 unspecified atom stereocenters. The molecule has 1 aromatic carbocycles. The summed E-state index contributed by atoms with van der Waals surface area (Å²) in [6.45, 7) is 10.3. The van der Waals surface area contributed by atoms with E-state index in [1.54, 1.807) is 4.90 Å². The van der Waals surface area contributed by atoms with Gasteiger partial charge in [-0.1, -0.05) is 11.6 Å². The van der Waals surface area contributed by atoms with Crippen molar-refractivity contribution in [3.8, 4) is 23.1 Å². The Morgan fingerprint density at radius 3 is 2.57 bits per heavy atom. The molecule has 8 nitrogen and oxygen atoms in total. The number of benzene rings is 1. The standard InChI is InChI=1S/C28H36ClN5O3/c1-5-36-23-15-19(14-21(29)24(23)18-6-7-18)25-20(16-30)26-31-11-8-22(34(26)32-25)17-9-12-33(13-10-17)27(35)37-28(2,3)4/h14-15,17-18,22,31H,5-13H2,1-4H3. The molecule has 0 spiro atoms. The van der Waals surface area contributed by atoms with Gasteiger partial charge in [0.2, 0.25) is 0 Å². The van der Waals surface area contributed by atoms with Gasteiger partial charge >= 0.3 is 6.09 Å². The molecule has 2 aromatic rings. The van der Waals surface area contributed by atoms with Crippen molar-refractivity contribution in [1.82, 2.24) is 14.7 Å². The fourth-order valence-electron chi connectivity index (χ4n) is 5.61. The minimum absolute atomic E-state index is 0.158. The number of amides is 1. The van der Waals surface area contributed by atoms with E-state index in [9.17, 15) is 10.1 Å². The Balaban J connectivity index is 1.41. The highest BCUT2D eigenvalue weighted by molar-refractivity contribution is 6.32. The summed E-state index contributed by atoms with van der Waals surface area (Å²) in [5.74, 6) is 2.37. The van der Waals surface area contributed by atoms with Crippen LogP contribution in [0.1, 0.15) is 82.9 Å². The number of hydrogen-bond donors (Lipinski definition) is 1. The second-order valence-electron chi connectivity index (χ2n) is 11.3. The van der Waals surface area contributed by atoms with Crippen molar-refractivity contribution < 1.29 is 14.3 Å². The maximum Gasteiger partial charge on any atom is 0.410 e. The summed E-state index contributed by atoms with van der Waals surface area (Å²) in [5.41, 5.74) is 2.54. The van der Waals surface area contributed by atoms with E-state index < -0.39 is 5.60 Å². The van der Waals surface area contributed by atoms with Gasteiger partial charge in [-0.3, -0.25) is 0 Å². The third-order valence-corrected chi connectivity index (χ3v) is 7.77. The number of likely N-dealkylation sites (tertiary alicyclic amines) is 1. The molecule has 3 aliphatic rings. The van der Waals surface area contributed by atoms with Gasteiger partial charge in [0.25, 0.3) is 0 Å². The Bertz CT molecular complexity index is 1220. The molecule has 1 saturated heterocycles. The molecular weight excluding hydrogens is 490 g/mol. The summed E-state index contributed by atoms with van der Waals surface area (Å²) < 4.78 is 13.5. The largest absolute Gasteiger partial charge is 0.494 e. The first-order valence-corrected chi connectivity index (χ1v) is 13.8. The van der Waals surface area contributed by atoms with Gasteiger partial charge in [-0.05, 0) is 83.8 Å². The van der Waals surface area contributed by atoms with E-state index in [0.29, 0.717) is 47.8 Å². The highest BCUT2D eigenvalue weighted by Gasteiger charge is 2.36.